The van der Waals surface area contributed by atoms with Gasteiger partial charge in [0.2, 0.25) is 5.89 Å². The van der Waals surface area contributed by atoms with Crippen LogP contribution in [0.2, 0.25) is 0 Å². The first-order valence-corrected chi connectivity index (χ1v) is 10.2. The van der Waals surface area contributed by atoms with E-state index in [0.717, 1.165) is 18.8 Å². The van der Waals surface area contributed by atoms with Crippen molar-refractivity contribution >= 4 is 29.9 Å². The number of nitrogens with zero attached hydrogens (tertiary/aromatic N) is 3. The van der Waals surface area contributed by atoms with E-state index in [1.54, 1.807) is 7.05 Å². The zero-order valence-electron chi connectivity index (χ0n) is 17.4. The number of rotatable bonds is 7. The molecule has 1 aromatic carbocycles. The normalized spacial score (nSPS) is 20.6. The zero-order chi connectivity index (χ0) is 19.8. The highest BCUT2D eigenvalue weighted by Crippen LogP contribution is 2.32. The Morgan fingerprint density at radius 1 is 1.24 bits per heavy atom. The summed E-state index contributed by atoms with van der Waals surface area (Å²) in [6.45, 7) is 4.91. The van der Waals surface area contributed by atoms with E-state index in [1.165, 1.54) is 18.4 Å². The molecular weight excluding hydrogens is 481 g/mol. The summed E-state index contributed by atoms with van der Waals surface area (Å²) in [6.07, 6.45) is 4.50. The van der Waals surface area contributed by atoms with Gasteiger partial charge in [-0.05, 0) is 51.0 Å². The molecule has 29 heavy (non-hydrogen) atoms. The molecule has 1 unspecified atom stereocenters. The first-order valence-electron chi connectivity index (χ1n) is 10.2. The van der Waals surface area contributed by atoms with E-state index < -0.39 is 0 Å². The summed E-state index contributed by atoms with van der Waals surface area (Å²) >= 11 is 0. The summed E-state index contributed by atoms with van der Waals surface area (Å²) in [4.78, 5) is 8.70. The van der Waals surface area contributed by atoms with E-state index in [2.05, 4.69) is 56.1 Å². The second-order valence-electron chi connectivity index (χ2n) is 7.17. The molecule has 1 atom stereocenters. The van der Waals surface area contributed by atoms with Crippen molar-refractivity contribution in [1.82, 2.24) is 20.8 Å². The van der Waals surface area contributed by atoms with Crippen LogP contribution in [0.4, 0.5) is 0 Å². The van der Waals surface area contributed by atoms with Gasteiger partial charge in [0, 0.05) is 19.7 Å². The van der Waals surface area contributed by atoms with Crippen molar-refractivity contribution in [2.45, 2.75) is 64.1 Å². The number of guanidine groups is 1. The molecule has 2 N–H and O–H groups in total. The fourth-order valence-corrected chi connectivity index (χ4v) is 3.67. The van der Waals surface area contributed by atoms with Crippen molar-refractivity contribution in [1.29, 1.82) is 0 Å². The summed E-state index contributed by atoms with van der Waals surface area (Å²) in [5.74, 6) is 2.53. The summed E-state index contributed by atoms with van der Waals surface area (Å²) in [5.41, 5.74) is 1.46. The smallest absolute Gasteiger partial charge is 0.246 e. The molecule has 1 aliphatic rings. The van der Waals surface area contributed by atoms with Crippen molar-refractivity contribution < 1.29 is 9.26 Å². The minimum Gasteiger partial charge on any atom is -0.371 e. The largest absolute Gasteiger partial charge is 0.371 e. The third-order valence-corrected chi connectivity index (χ3v) is 5.23. The van der Waals surface area contributed by atoms with Crippen molar-refractivity contribution in [3.8, 4) is 0 Å². The van der Waals surface area contributed by atoms with Gasteiger partial charge in [-0.2, -0.15) is 4.98 Å². The molecule has 3 rings (SSSR count). The molecule has 8 heteroatoms. The maximum atomic E-state index is 5.49. The zero-order valence-corrected chi connectivity index (χ0v) is 19.8. The van der Waals surface area contributed by atoms with Crippen LogP contribution in [-0.2, 0) is 11.3 Å². The third kappa shape index (κ3) is 6.95. The van der Waals surface area contributed by atoms with Gasteiger partial charge in [0.15, 0.2) is 11.8 Å². The molecule has 0 bridgehead atoms. The highest BCUT2D eigenvalue weighted by atomic mass is 127. The van der Waals surface area contributed by atoms with E-state index in [9.17, 15) is 0 Å². The van der Waals surface area contributed by atoms with Gasteiger partial charge < -0.3 is 19.9 Å². The Bertz CT molecular complexity index is 745. The molecule has 0 spiro atoms. The van der Waals surface area contributed by atoms with Crippen molar-refractivity contribution in [2.24, 2.45) is 4.99 Å². The van der Waals surface area contributed by atoms with Crippen molar-refractivity contribution in [3.05, 3.63) is 47.6 Å². The topological polar surface area (TPSA) is 84.6 Å². The first-order chi connectivity index (χ1) is 13.7. The average Bonchev–Trinajstić information content (AvgIpc) is 3.21. The molecule has 1 fully saturated rings. The number of nitrogens with one attached hydrogen (secondary N) is 2. The Hall–Kier alpha value is -1.68. The van der Waals surface area contributed by atoms with Crippen LogP contribution in [0.25, 0.3) is 0 Å². The fourth-order valence-electron chi connectivity index (χ4n) is 3.67. The molecule has 0 radical (unpaired) electrons. The molecule has 0 saturated heterocycles. The maximum Gasteiger partial charge on any atom is 0.246 e. The summed E-state index contributed by atoms with van der Waals surface area (Å²) in [5, 5.41) is 10.8. The fraction of sp³-hybridized carbons (Fsp3) is 0.571. The number of hydrogen-bond acceptors (Lipinski definition) is 5. The van der Waals surface area contributed by atoms with Gasteiger partial charge in [0.25, 0.3) is 0 Å². The predicted molar refractivity (Wildman–Crippen MR) is 125 cm³/mol. The van der Waals surface area contributed by atoms with Gasteiger partial charge in [-0.3, -0.25) is 4.99 Å². The molecule has 1 aliphatic carbocycles. The Kier molecular flexibility index (Phi) is 9.86. The SMILES string of the molecule is CCOC(C)c1noc(CNC(=NC)NC2CCC(c3ccccc3)CC2)n1.I. The van der Waals surface area contributed by atoms with E-state index >= 15 is 0 Å². The van der Waals surface area contributed by atoms with Crippen LogP contribution in [0.5, 0.6) is 0 Å². The van der Waals surface area contributed by atoms with Gasteiger partial charge in [-0.25, -0.2) is 0 Å². The van der Waals surface area contributed by atoms with E-state index in [1.807, 2.05) is 13.8 Å². The van der Waals surface area contributed by atoms with Gasteiger partial charge in [-0.1, -0.05) is 35.5 Å². The lowest BCUT2D eigenvalue weighted by atomic mass is 9.82. The third-order valence-electron chi connectivity index (χ3n) is 5.23. The summed E-state index contributed by atoms with van der Waals surface area (Å²) in [7, 11) is 1.78. The highest BCUT2D eigenvalue weighted by molar-refractivity contribution is 14.0. The Labute approximate surface area is 190 Å². The van der Waals surface area contributed by atoms with E-state index in [4.69, 9.17) is 9.26 Å². The number of ether oxygens (including phenoxy) is 1. The van der Waals surface area contributed by atoms with Crippen LogP contribution >= 0.6 is 24.0 Å². The number of benzene rings is 1. The molecular formula is C21H32IN5O2. The minimum absolute atomic E-state index is 0. The molecule has 0 amide bonds. The average molecular weight is 513 g/mol. The molecule has 7 nitrogen and oxygen atoms in total. The molecule has 160 valence electrons. The molecule has 2 aromatic rings. The van der Waals surface area contributed by atoms with Crippen LogP contribution < -0.4 is 10.6 Å². The lowest BCUT2D eigenvalue weighted by Gasteiger charge is -2.30. The first kappa shape index (κ1) is 23.6. The number of halogens is 1. The van der Waals surface area contributed by atoms with Crippen LogP contribution in [0, 0.1) is 0 Å². The Morgan fingerprint density at radius 3 is 2.62 bits per heavy atom. The Morgan fingerprint density at radius 2 is 1.97 bits per heavy atom. The molecule has 0 aliphatic heterocycles. The standard InChI is InChI=1S/C21H31N5O2.HI/c1-4-27-15(2)20-25-19(28-26-20)14-23-21(22-3)24-18-12-10-17(11-13-18)16-8-6-5-7-9-16;/h5-9,15,17-18H,4,10-14H2,1-3H3,(H2,22,23,24);1H. The quantitative estimate of drug-likeness (QED) is 0.329. The van der Waals surface area contributed by atoms with E-state index in [0.29, 0.717) is 36.8 Å². The predicted octanol–water partition coefficient (Wildman–Crippen LogP) is 4.18. The lowest BCUT2D eigenvalue weighted by Crippen LogP contribution is -2.44. The van der Waals surface area contributed by atoms with Crippen LogP contribution in [-0.4, -0.2) is 35.8 Å². The second kappa shape index (κ2) is 12.1. The molecule has 1 aromatic heterocycles. The van der Waals surface area contributed by atoms with Crippen LogP contribution in [0.1, 0.15) is 68.8 Å². The lowest BCUT2D eigenvalue weighted by molar-refractivity contribution is 0.0683. The van der Waals surface area contributed by atoms with Crippen LogP contribution in [0.3, 0.4) is 0 Å². The molecule has 1 saturated carbocycles. The second-order valence-corrected chi connectivity index (χ2v) is 7.17. The summed E-state index contributed by atoms with van der Waals surface area (Å²) in [6, 6.07) is 11.2. The van der Waals surface area contributed by atoms with Gasteiger partial charge in [-0.15, -0.1) is 24.0 Å². The van der Waals surface area contributed by atoms with Gasteiger partial charge in [0.1, 0.15) is 6.10 Å². The monoisotopic (exact) mass is 513 g/mol. The highest BCUT2D eigenvalue weighted by Gasteiger charge is 2.23. The van der Waals surface area contributed by atoms with Crippen molar-refractivity contribution in [2.75, 3.05) is 13.7 Å². The maximum absolute atomic E-state index is 5.49. The molecule has 1 heterocycles. The number of hydrogen-bond donors (Lipinski definition) is 2. The Balaban J connectivity index is 0.00000300. The summed E-state index contributed by atoms with van der Waals surface area (Å²) < 4.78 is 10.8. The van der Waals surface area contributed by atoms with Gasteiger partial charge in [0.05, 0.1) is 6.54 Å². The number of aromatic nitrogens is 2. The van der Waals surface area contributed by atoms with E-state index in [-0.39, 0.29) is 30.1 Å². The van der Waals surface area contributed by atoms with Gasteiger partial charge >= 0.3 is 0 Å². The van der Waals surface area contributed by atoms with Crippen molar-refractivity contribution in [3.63, 3.8) is 0 Å². The number of aliphatic imine (C=N–C) groups is 1. The van der Waals surface area contributed by atoms with Crippen LogP contribution in [0.15, 0.2) is 39.8 Å². The minimum atomic E-state index is -0.167.